The lowest BCUT2D eigenvalue weighted by Crippen LogP contribution is -2.33. The number of thiazole rings is 1. The second kappa shape index (κ2) is 9.67. The van der Waals surface area contributed by atoms with Crippen molar-refractivity contribution in [3.63, 3.8) is 0 Å². The smallest absolute Gasteiger partial charge is 0.360 e. The largest absolute Gasteiger partial charge is 0.476 e. The van der Waals surface area contributed by atoms with Crippen LogP contribution in [0.4, 0.5) is 5.13 Å². The lowest BCUT2D eigenvalue weighted by atomic mass is 9.78. The average Bonchev–Trinajstić information content (AvgIpc) is 3.28. The molecule has 4 aromatic rings. The minimum Gasteiger partial charge on any atom is -0.476 e. The molecule has 0 saturated heterocycles. The van der Waals surface area contributed by atoms with Gasteiger partial charge in [0.1, 0.15) is 5.69 Å². The van der Waals surface area contributed by atoms with Gasteiger partial charge < -0.3 is 15.7 Å². The maximum absolute atomic E-state index is 12.1. The number of aromatic nitrogens is 1. The van der Waals surface area contributed by atoms with Gasteiger partial charge in [0.25, 0.3) is 0 Å². The number of aryl methyl sites for hydroxylation is 1. The Morgan fingerprint density at radius 1 is 1.00 bits per heavy atom. The Hall–Kier alpha value is -3.97. The molecule has 1 aromatic heterocycles. The number of benzene rings is 3. The Morgan fingerprint density at radius 3 is 2.09 bits per heavy atom. The highest BCUT2D eigenvalue weighted by Gasteiger charge is 2.41. The zero-order chi connectivity index (χ0) is 23.3. The maximum Gasteiger partial charge on any atom is 0.360 e. The average molecular weight is 458 g/mol. The lowest BCUT2D eigenvalue weighted by molar-refractivity contribution is -0.129. The highest BCUT2D eigenvalue weighted by atomic mass is 32.1. The van der Waals surface area contributed by atoms with Crippen LogP contribution < -0.4 is 5.73 Å². The molecule has 0 spiro atoms. The topological polar surface area (TPSA) is 97.8 Å². The van der Waals surface area contributed by atoms with E-state index in [9.17, 15) is 9.90 Å². The molecule has 33 heavy (non-hydrogen) atoms. The normalized spacial score (nSPS) is 11.8. The van der Waals surface area contributed by atoms with E-state index in [0.29, 0.717) is 0 Å². The third-order valence-corrected chi connectivity index (χ3v) is 6.05. The summed E-state index contributed by atoms with van der Waals surface area (Å²) >= 11 is 1.15. The number of nitrogens with two attached hydrogens (primary N) is 1. The predicted molar refractivity (Wildman–Crippen MR) is 130 cm³/mol. The quantitative estimate of drug-likeness (QED) is 0.218. The van der Waals surface area contributed by atoms with Crippen molar-refractivity contribution in [2.45, 2.75) is 18.9 Å². The second-order valence-electron chi connectivity index (χ2n) is 7.33. The Morgan fingerprint density at radius 2 is 1.58 bits per heavy atom. The van der Waals surface area contributed by atoms with Crippen LogP contribution in [0.2, 0.25) is 0 Å². The van der Waals surface area contributed by atoms with Crippen LogP contribution >= 0.6 is 11.3 Å². The maximum atomic E-state index is 12.1. The summed E-state index contributed by atoms with van der Waals surface area (Å²) in [6, 6.07) is 27.3. The molecule has 0 atom stereocenters. The van der Waals surface area contributed by atoms with Crippen LogP contribution in [0.3, 0.4) is 0 Å². The van der Waals surface area contributed by atoms with Crippen LogP contribution in [0.15, 0.2) is 95.5 Å². The van der Waals surface area contributed by atoms with Crippen molar-refractivity contribution in [2.24, 2.45) is 5.16 Å². The first kappa shape index (κ1) is 22.2. The number of carboxylic acids is 1. The SMILES string of the molecule is CCc1ccccc1C(ON=C(C(=O)O)c1csc(N)n1)(c1ccccc1)c1ccccc1. The fourth-order valence-corrected chi connectivity index (χ4v) is 4.40. The molecule has 0 fully saturated rings. The van der Waals surface area contributed by atoms with Crippen molar-refractivity contribution in [2.75, 3.05) is 5.73 Å². The number of anilines is 1. The van der Waals surface area contributed by atoms with Gasteiger partial charge in [-0.25, -0.2) is 9.78 Å². The Balaban J connectivity index is 2.00. The van der Waals surface area contributed by atoms with Crippen LogP contribution in [0.5, 0.6) is 0 Å². The molecule has 0 saturated carbocycles. The number of nitrogen functional groups attached to an aromatic ring is 1. The molecule has 0 radical (unpaired) electrons. The van der Waals surface area contributed by atoms with E-state index in [1.165, 1.54) is 0 Å². The summed E-state index contributed by atoms with van der Waals surface area (Å²) in [7, 11) is 0. The molecular formula is C26H23N3O3S. The number of hydrogen-bond donors (Lipinski definition) is 2. The number of hydrogen-bond acceptors (Lipinski definition) is 6. The third kappa shape index (κ3) is 4.36. The fraction of sp³-hybridized carbons (Fsp3) is 0.115. The first-order chi connectivity index (χ1) is 16.1. The van der Waals surface area contributed by atoms with E-state index in [1.54, 1.807) is 5.38 Å². The Kier molecular flexibility index (Phi) is 6.51. The van der Waals surface area contributed by atoms with Gasteiger partial charge in [0, 0.05) is 22.1 Å². The van der Waals surface area contributed by atoms with Crippen LogP contribution in [0, 0.1) is 0 Å². The van der Waals surface area contributed by atoms with E-state index in [4.69, 9.17) is 10.6 Å². The van der Waals surface area contributed by atoms with Crippen molar-refractivity contribution in [1.29, 1.82) is 0 Å². The van der Waals surface area contributed by atoms with Crippen LogP contribution in [-0.4, -0.2) is 21.8 Å². The molecule has 0 bridgehead atoms. The zero-order valence-corrected chi connectivity index (χ0v) is 18.8. The number of oxime groups is 1. The van der Waals surface area contributed by atoms with Crippen molar-refractivity contribution in [3.8, 4) is 0 Å². The van der Waals surface area contributed by atoms with Crippen molar-refractivity contribution in [3.05, 3.63) is 118 Å². The highest BCUT2D eigenvalue weighted by Crippen LogP contribution is 2.42. The number of carbonyl (C=O) groups is 1. The standard InChI is InChI=1S/C26H23N3O3S/c1-2-18-11-9-10-16-21(18)26(19-12-5-3-6-13-19,20-14-7-4-8-15-20)32-29-23(24(30)31)22-17-33-25(27)28-22/h3-17H,2H2,1H3,(H2,27,28)(H,30,31). The first-order valence-electron chi connectivity index (χ1n) is 10.5. The van der Waals surface area contributed by atoms with Crippen molar-refractivity contribution in [1.82, 2.24) is 4.98 Å². The van der Waals surface area contributed by atoms with Gasteiger partial charge in [-0.2, -0.15) is 0 Å². The molecule has 4 rings (SSSR count). The minimum atomic E-state index is -1.25. The summed E-state index contributed by atoms with van der Waals surface area (Å²) in [5, 5.41) is 15.9. The molecule has 0 aliphatic carbocycles. The number of nitrogens with zero attached hydrogens (tertiary/aromatic N) is 2. The van der Waals surface area contributed by atoms with Gasteiger partial charge in [0.2, 0.25) is 11.3 Å². The van der Waals surface area contributed by atoms with E-state index in [1.807, 2.05) is 84.9 Å². The summed E-state index contributed by atoms with van der Waals surface area (Å²) in [6.07, 6.45) is 0.763. The molecular weight excluding hydrogens is 434 g/mol. The molecule has 6 nitrogen and oxygen atoms in total. The zero-order valence-electron chi connectivity index (χ0n) is 18.0. The summed E-state index contributed by atoms with van der Waals surface area (Å²) in [6.45, 7) is 2.07. The van der Waals surface area contributed by atoms with E-state index in [2.05, 4.69) is 17.1 Å². The van der Waals surface area contributed by atoms with Crippen LogP contribution in [0.1, 0.15) is 34.9 Å². The summed E-state index contributed by atoms with van der Waals surface area (Å²) in [4.78, 5) is 22.5. The molecule has 0 aliphatic heterocycles. The molecule has 1 heterocycles. The molecule has 0 unspecified atom stereocenters. The third-order valence-electron chi connectivity index (χ3n) is 5.38. The van der Waals surface area contributed by atoms with Gasteiger partial charge in [0.15, 0.2) is 5.13 Å². The lowest BCUT2D eigenvalue weighted by Gasteiger charge is -2.34. The van der Waals surface area contributed by atoms with Crippen LogP contribution in [0.25, 0.3) is 0 Å². The van der Waals surface area contributed by atoms with Gasteiger partial charge in [-0.15, -0.1) is 11.3 Å². The molecule has 166 valence electrons. The molecule has 0 aliphatic rings. The van der Waals surface area contributed by atoms with Gasteiger partial charge >= 0.3 is 5.97 Å². The monoisotopic (exact) mass is 457 g/mol. The summed E-state index contributed by atoms with van der Waals surface area (Å²) < 4.78 is 0. The summed E-state index contributed by atoms with van der Waals surface area (Å²) in [5.74, 6) is -1.25. The van der Waals surface area contributed by atoms with Gasteiger partial charge in [-0.1, -0.05) is 97.0 Å². The first-order valence-corrected chi connectivity index (χ1v) is 11.3. The predicted octanol–water partition coefficient (Wildman–Crippen LogP) is 5.09. The highest BCUT2D eigenvalue weighted by molar-refractivity contribution is 7.13. The summed E-state index contributed by atoms with van der Waals surface area (Å²) in [5.41, 5.74) is 7.98. The van der Waals surface area contributed by atoms with Crippen molar-refractivity contribution >= 4 is 28.1 Å². The fourth-order valence-electron chi connectivity index (χ4n) is 3.86. The Bertz CT molecular complexity index is 1230. The number of carboxylic acid groups (broad SMARTS) is 1. The minimum absolute atomic E-state index is 0.156. The van der Waals surface area contributed by atoms with E-state index >= 15 is 0 Å². The molecule has 7 heteroatoms. The number of rotatable bonds is 8. The molecule has 3 N–H and O–H groups in total. The van der Waals surface area contributed by atoms with E-state index < -0.39 is 11.6 Å². The van der Waals surface area contributed by atoms with Gasteiger partial charge in [0.05, 0.1) is 0 Å². The molecule has 3 aromatic carbocycles. The van der Waals surface area contributed by atoms with Crippen LogP contribution in [-0.2, 0) is 21.7 Å². The van der Waals surface area contributed by atoms with E-state index in [-0.39, 0.29) is 16.5 Å². The molecule has 0 amide bonds. The van der Waals surface area contributed by atoms with Gasteiger partial charge in [-0.3, -0.25) is 0 Å². The van der Waals surface area contributed by atoms with E-state index in [0.717, 1.165) is 40.0 Å². The number of aliphatic carboxylic acids is 1. The Labute approximate surface area is 196 Å². The van der Waals surface area contributed by atoms with Crippen molar-refractivity contribution < 1.29 is 14.7 Å². The van der Waals surface area contributed by atoms with Gasteiger partial charge in [-0.05, 0) is 12.0 Å². The second-order valence-corrected chi connectivity index (χ2v) is 8.22.